The molecule has 1 aliphatic rings. The van der Waals surface area contributed by atoms with Gasteiger partial charge in [0, 0.05) is 11.4 Å². The van der Waals surface area contributed by atoms with E-state index in [1.165, 1.54) is 9.44 Å². The van der Waals surface area contributed by atoms with E-state index >= 15 is 0 Å². The summed E-state index contributed by atoms with van der Waals surface area (Å²) in [6, 6.07) is -0.284. The standard InChI is InChI=1S/C14H19N3O2S/c1-7-3-4-9-10(5-7)20-12-11(9)13(18)17(8(2)6-15)14(19)16-12/h7-8H,3-6,15H2,1-2H3,(H,16,19). The minimum atomic E-state index is -0.355. The van der Waals surface area contributed by atoms with Crippen molar-refractivity contribution >= 4 is 21.6 Å². The van der Waals surface area contributed by atoms with Gasteiger partial charge < -0.3 is 5.73 Å². The minimum absolute atomic E-state index is 0.186. The fraction of sp³-hybridized carbons (Fsp3) is 0.571. The molecule has 1 aliphatic carbocycles. The fourth-order valence-electron chi connectivity index (χ4n) is 2.94. The third-order valence-corrected chi connectivity index (χ3v) is 5.34. The van der Waals surface area contributed by atoms with Gasteiger partial charge in [0.15, 0.2) is 0 Å². The van der Waals surface area contributed by atoms with Crippen molar-refractivity contribution in [2.75, 3.05) is 6.54 Å². The maximum atomic E-state index is 12.7. The Balaban J connectivity index is 2.32. The van der Waals surface area contributed by atoms with E-state index in [9.17, 15) is 9.59 Å². The fourth-order valence-corrected chi connectivity index (χ4v) is 4.33. The molecule has 108 valence electrons. The van der Waals surface area contributed by atoms with Gasteiger partial charge in [0.2, 0.25) is 0 Å². The van der Waals surface area contributed by atoms with Crippen molar-refractivity contribution < 1.29 is 0 Å². The molecule has 2 aromatic heterocycles. The van der Waals surface area contributed by atoms with Gasteiger partial charge in [-0.2, -0.15) is 0 Å². The molecule has 3 N–H and O–H groups in total. The first kappa shape index (κ1) is 13.6. The largest absolute Gasteiger partial charge is 0.329 e. The number of thiophene rings is 1. The molecule has 0 amide bonds. The zero-order valence-corrected chi connectivity index (χ0v) is 12.5. The number of H-pyrrole nitrogens is 1. The molecule has 0 bridgehead atoms. The summed E-state index contributed by atoms with van der Waals surface area (Å²) in [5.41, 5.74) is 6.21. The number of hydrogen-bond acceptors (Lipinski definition) is 4. The van der Waals surface area contributed by atoms with E-state index in [0.717, 1.165) is 29.7 Å². The number of aromatic nitrogens is 2. The van der Waals surface area contributed by atoms with Crippen LogP contribution >= 0.6 is 11.3 Å². The summed E-state index contributed by atoms with van der Waals surface area (Å²) in [6.45, 7) is 4.30. The Morgan fingerprint density at radius 2 is 2.25 bits per heavy atom. The first-order valence-electron chi connectivity index (χ1n) is 7.02. The molecule has 0 saturated carbocycles. The number of nitrogens with two attached hydrogens (primary N) is 1. The normalized spacial score (nSPS) is 20.1. The Bertz CT molecular complexity index is 771. The van der Waals surface area contributed by atoms with Crippen molar-refractivity contribution in [1.29, 1.82) is 0 Å². The van der Waals surface area contributed by atoms with E-state index < -0.39 is 0 Å². The number of rotatable bonds is 2. The van der Waals surface area contributed by atoms with Gasteiger partial charge in [-0.3, -0.25) is 14.3 Å². The second-order valence-electron chi connectivity index (χ2n) is 5.75. The Hall–Kier alpha value is -1.40. The predicted molar refractivity (Wildman–Crippen MR) is 81.7 cm³/mol. The van der Waals surface area contributed by atoms with Crippen LogP contribution in [0.4, 0.5) is 0 Å². The number of nitrogens with one attached hydrogen (secondary N) is 1. The van der Waals surface area contributed by atoms with Gasteiger partial charge in [0.1, 0.15) is 4.83 Å². The van der Waals surface area contributed by atoms with Crippen molar-refractivity contribution in [1.82, 2.24) is 9.55 Å². The lowest BCUT2D eigenvalue weighted by Crippen LogP contribution is -2.39. The summed E-state index contributed by atoms with van der Waals surface area (Å²) in [7, 11) is 0. The molecule has 0 radical (unpaired) electrons. The van der Waals surface area contributed by atoms with Gasteiger partial charge in [-0.1, -0.05) is 6.92 Å². The van der Waals surface area contributed by atoms with Crippen molar-refractivity contribution in [2.24, 2.45) is 11.7 Å². The molecular weight excluding hydrogens is 274 g/mol. The van der Waals surface area contributed by atoms with Crippen LogP contribution in [0.3, 0.4) is 0 Å². The lowest BCUT2D eigenvalue weighted by Gasteiger charge is -2.17. The zero-order chi connectivity index (χ0) is 14.4. The second-order valence-corrected chi connectivity index (χ2v) is 6.85. The summed E-state index contributed by atoms with van der Waals surface area (Å²) in [4.78, 5) is 29.6. The Labute approximate surface area is 120 Å². The van der Waals surface area contributed by atoms with Crippen LogP contribution in [0.1, 0.15) is 36.8 Å². The molecule has 0 saturated heterocycles. The third-order valence-electron chi connectivity index (χ3n) is 4.17. The van der Waals surface area contributed by atoms with E-state index in [2.05, 4.69) is 11.9 Å². The molecule has 6 heteroatoms. The Kier molecular flexibility index (Phi) is 3.30. The van der Waals surface area contributed by atoms with Gasteiger partial charge in [-0.15, -0.1) is 11.3 Å². The van der Waals surface area contributed by atoms with Gasteiger partial charge >= 0.3 is 5.69 Å². The van der Waals surface area contributed by atoms with Crippen molar-refractivity contribution in [2.45, 2.75) is 39.2 Å². The van der Waals surface area contributed by atoms with Gasteiger partial charge in [-0.05, 0) is 37.7 Å². The van der Waals surface area contributed by atoms with Crippen LogP contribution in [-0.4, -0.2) is 16.1 Å². The molecule has 0 aliphatic heterocycles. The molecule has 2 atom stereocenters. The zero-order valence-electron chi connectivity index (χ0n) is 11.7. The average Bonchev–Trinajstić information content (AvgIpc) is 2.75. The Morgan fingerprint density at radius 3 is 2.95 bits per heavy atom. The highest BCUT2D eigenvalue weighted by molar-refractivity contribution is 7.18. The maximum Gasteiger partial charge on any atom is 0.329 e. The molecule has 0 fully saturated rings. The van der Waals surface area contributed by atoms with Crippen LogP contribution < -0.4 is 17.0 Å². The smallest absolute Gasteiger partial charge is 0.328 e. The predicted octanol–water partition coefficient (Wildman–Crippen LogP) is 1.40. The first-order valence-corrected chi connectivity index (χ1v) is 7.83. The summed E-state index contributed by atoms with van der Waals surface area (Å²) in [5, 5.41) is 0.705. The molecule has 20 heavy (non-hydrogen) atoms. The van der Waals surface area contributed by atoms with Gasteiger partial charge in [0.25, 0.3) is 5.56 Å². The minimum Gasteiger partial charge on any atom is -0.328 e. The van der Waals surface area contributed by atoms with Crippen molar-refractivity contribution in [3.05, 3.63) is 31.3 Å². The summed E-state index contributed by atoms with van der Waals surface area (Å²) in [6.07, 6.45) is 3.03. The number of aryl methyl sites for hydroxylation is 1. The molecule has 0 aromatic carbocycles. The highest BCUT2D eigenvalue weighted by atomic mass is 32.1. The molecular formula is C14H19N3O2S. The molecule has 0 spiro atoms. The lowest BCUT2D eigenvalue weighted by molar-refractivity contribution is 0.506. The van der Waals surface area contributed by atoms with E-state index in [4.69, 9.17) is 5.73 Å². The topological polar surface area (TPSA) is 80.9 Å². The first-order chi connectivity index (χ1) is 9.52. The molecule has 3 rings (SSSR count). The van der Waals surface area contributed by atoms with Crippen LogP contribution in [-0.2, 0) is 12.8 Å². The third kappa shape index (κ3) is 1.94. The van der Waals surface area contributed by atoms with Crippen LogP contribution in [0.15, 0.2) is 9.59 Å². The number of fused-ring (bicyclic) bond motifs is 3. The van der Waals surface area contributed by atoms with E-state index in [-0.39, 0.29) is 23.8 Å². The van der Waals surface area contributed by atoms with Crippen molar-refractivity contribution in [3.63, 3.8) is 0 Å². The molecule has 2 heterocycles. The highest BCUT2D eigenvalue weighted by Crippen LogP contribution is 2.35. The van der Waals surface area contributed by atoms with Crippen molar-refractivity contribution in [3.8, 4) is 0 Å². The second kappa shape index (κ2) is 4.86. The van der Waals surface area contributed by atoms with E-state index in [1.54, 1.807) is 18.3 Å². The SMILES string of the molecule is CC1CCc2c(sc3[nH]c(=O)n(C(C)CN)c(=O)c23)C1. The quantitative estimate of drug-likeness (QED) is 0.878. The maximum absolute atomic E-state index is 12.7. The van der Waals surface area contributed by atoms with Crippen LogP contribution in [0, 0.1) is 5.92 Å². The number of hydrogen-bond donors (Lipinski definition) is 2. The number of aromatic amines is 1. The number of nitrogens with zero attached hydrogens (tertiary/aromatic N) is 1. The average molecular weight is 293 g/mol. The molecule has 2 unspecified atom stereocenters. The van der Waals surface area contributed by atoms with E-state index in [0.29, 0.717) is 11.3 Å². The monoisotopic (exact) mass is 293 g/mol. The lowest BCUT2D eigenvalue weighted by atomic mass is 9.89. The highest BCUT2D eigenvalue weighted by Gasteiger charge is 2.24. The summed E-state index contributed by atoms with van der Waals surface area (Å²) in [5.74, 6) is 0.646. The van der Waals surface area contributed by atoms with Gasteiger partial charge in [0.05, 0.1) is 11.4 Å². The molecule has 2 aromatic rings. The molecule has 5 nitrogen and oxygen atoms in total. The van der Waals surface area contributed by atoms with Crippen LogP contribution in [0.5, 0.6) is 0 Å². The van der Waals surface area contributed by atoms with Gasteiger partial charge in [-0.25, -0.2) is 4.79 Å². The Morgan fingerprint density at radius 1 is 1.50 bits per heavy atom. The summed E-state index contributed by atoms with van der Waals surface area (Å²) >= 11 is 1.56. The van der Waals surface area contributed by atoms with Crippen LogP contribution in [0.25, 0.3) is 10.2 Å². The van der Waals surface area contributed by atoms with E-state index in [1.807, 2.05) is 0 Å². The summed E-state index contributed by atoms with van der Waals surface area (Å²) < 4.78 is 1.26. The van der Waals surface area contributed by atoms with Crippen LogP contribution in [0.2, 0.25) is 0 Å².